The van der Waals surface area contributed by atoms with Crippen LogP contribution in [0, 0.1) is 12.7 Å². The predicted octanol–water partition coefficient (Wildman–Crippen LogP) is 4.42. The Hall–Kier alpha value is -2.94. The van der Waals surface area contributed by atoms with Crippen molar-refractivity contribution in [2.24, 2.45) is 0 Å². The maximum Gasteiger partial charge on any atom is 0.261 e. The topological polar surface area (TPSA) is 96.6 Å². The maximum atomic E-state index is 14.1. The van der Waals surface area contributed by atoms with Crippen LogP contribution in [0.3, 0.4) is 0 Å². The third kappa shape index (κ3) is 4.11. The molecule has 0 saturated heterocycles. The van der Waals surface area contributed by atoms with Gasteiger partial charge >= 0.3 is 0 Å². The lowest BCUT2D eigenvalue weighted by molar-refractivity contribution is -0.140. The fraction of sp³-hybridized carbons (Fsp3) is 0.429. The molecular weight excluding hydrogens is 497 g/mol. The number of aliphatic hydroxyl groups excluding tert-OH is 2. The van der Waals surface area contributed by atoms with Gasteiger partial charge in [0.05, 0.1) is 29.8 Å². The number of aromatic nitrogens is 2. The first-order valence-electron chi connectivity index (χ1n) is 12.6. The number of carbonyl (C=O) groups excluding carboxylic acids is 1. The van der Waals surface area contributed by atoms with Crippen LogP contribution in [0.1, 0.15) is 55.8 Å². The molecule has 4 aliphatic rings. The van der Waals surface area contributed by atoms with Crippen LogP contribution in [-0.4, -0.2) is 43.4 Å². The average molecular weight is 526 g/mol. The van der Waals surface area contributed by atoms with Gasteiger partial charge < -0.3 is 24.8 Å². The van der Waals surface area contributed by atoms with Crippen molar-refractivity contribution < 1.29 is 24.1 Å². The molecule has 3 aromatic rings. The standard InChI is InChI=1S/C28H29ClFN3O4/c1-16-2-3-17(10-20(16)30)21-14-33(15-31-21)27-6-8-28(9-7-27,25(35)13-27)32-26(36)24-12-22(34)19-11-18(29)4-5-23(19)37-24/h2-5,10-11,14-15,22,24-25,34-35H,6-9,12-13H2,1H3,(H,32,36)/t22?,24?,25-,27?,28?/m0/s1. The highest BCUT2D eigenvalue weighted by molar-refractivity contribution is 6.30. The van der Waals surface area contributed by atoms with Crippen LogP contribution in [-0.2, 0) is 10.3 Å². The van der Waals surface area contributed by atoms with Crippen molar-refractivity contribution in [3.8, 4) is 17.0 Å². The number of hydrogen-bond donors (Lipinski definition) is 3. The summed E-state index contributed by atoms with van der Waals surface area (Å²) in [7, 11) is 0. The summed E-state index contributed by atoms with van der Waals surface area (Å²) in [6, 6.07) is 10.1. The lowest BCUT2D eigenvalue weighted by Gasteiger charge is -2.56. The van der Waals surface area contributed by atoms with Crippen molar-refractivity contribution in [3.05, 3.63) is 70.9 Å². The van der Waals surface area contributed by atoms with E-state index in [2.05, 4.69) is 14.9 Å². The number of imidazole rings is 1. The van der Waals surface area contributed by atoms with Gasteiger partial charge in [-0.3, -0.25) is 4.79 Å². The van der Waals surface area contributed by atoms with Crippen molar-refractivity contribution in [2.45, 2.75) is 74.8 Å². The van der Waals surface area contributed by atoms with Gasteiger partial charge in [0, 0.05) is 34.3 Å². The summed E-state index contributed by atoms with van der Waals surface area (Å²) >= 11 is 6.03. The highest BCUT2D eigenvalue weighted by Gasteiger charge is 2.56. The maximum absolute atomic E-state index is 14.1. The molecular formula is C28H29ClFN3O4. The molecule has 3 aliphatic carbocycles. The van der Waals surface area contributed by atoms with Crippen LogP contribution in [0.4, 0.5) is 4.39 Å². The Labute approximate surface area is 219 Å². The molecule has 3 atom stereocenters. The molecule has 0 spiro atoms. The monoisotopic (exact) mass is 525 g/mol. The minimum atomic E-state index is -0.858. The molecule has 3 N–H and O–H groups in total. The van der Waals surface area contributed by atoms with E-state index in [9.17, 15) is 19.4 Å². The normalized spacial score (nSPS) is 30.5. The molecule has 2 aromatic carbocycles. The Kier molecular flexibility index (Phi) is 5.82. The number of fused-ring (bicyclic) bond motifs is 4. The number of ether oxygens (including phenoxy) is 1. The SMILES string of the molecule is Cc1ccc(-c2cn(C34CCC(NC(=O)C5CC(O)c6cc(Cl)ccc6O5)(CC3)[C@@H](O)C4)cn2)cc1F. The van der Waals surface area contributed by atoms with E-state index < -0.39 is 23.9 Å². The Morgan fingerprint density at radius 1 is 1.19 bits per heavy atom. The van der Waals surface area contributed by atoms with Crippen LogP contribution in [0.25, 0.3) is 11.3 Å². The van der Waals surface area contributed by atoms with Gasteiger partial charge in [0.25, 0.3) is 5.91 Å². The number of amides is 1. The second kappa shape index (κ2) is 8.82. The van der Waals surface area contributed by atoms with Gasteiger partial charge in [-0.25, -0.2) is 9.37 Å². The number of benzene rings is 2. The first kappa shape index (κ1) is 24.4. The summed E-state index contributed by atoms with van der Waals surface area (Å²) < 4.78 is 22.0. The van der Waals surface area contributed by atoms with Crippen molar-refractivity contribution in [3.63, 3.8) is 0 Å². The highest BCUT2D eigenvalue weighted by atomic mass is 35.5. The van der Waals surface area contributed by atoms with Crippen molar-refractivity contribution >= 4 is 17.5 Å². The number of aliphatic hydroxyl groups is 2. The van der Waals surface area contributed by atoms with Gasteiger partial charge in [0.15, 0.2) is 6.10 Å². The zero-order valence-electron chi connectivity index (χ0n) is 20.5. The first-order valence-corrected chi connectivity index (χ1v) is 13.0. The van der Waals surface area contributed by atoms with Gasteiger partial charge in [-0.2, -0.15) is 0 Å². The van der Waals surface area contributed by atoms with Crippen molar-refractivity contribution in [2.75, 3.05) is 0 Å². The molecule has 2 heterocycles. The summed E-state index contributed by atoms with van der Waals surface area (Å²) in [4.78, 5) is 17.8. The first-order chi connectivity index (χ1) is 17.7. The van der Waals surface area contributed by atoms with Crippen LogP contribution in [0.2, 0.25) is 5.02 Å². The molecule has 2 bridgehead atoms. The molecule has 3 fully saturated rings. The Balaban J connectivity index is 1.16. The van der Waals surface area contributed by atoms with E-state index >= 15 is 0 Å². The molecule has 1 aliphatic heterocycles. The van der Waals surface area contributed by atoms with Crippen molar-refractivity contribution in [1.29, 1.82) is 0 Å². The lowest BCUT2D eigenvalue weighted by atomic mass is 9.59. The molecule has 7 rings (SSSR count). The number of nitrogens with zero attached hydrogens (tertiary/aromatic N) is 2. The zero-order chi connectivity index (χ0) is 25.9. The molecule has 9 heteroatoms. The molecule has 2 unspecified atom stereocenters. The van der Waals surface area contributed by atoms with Crippen LogP contribution < -0.4 is 10.1 Å². The molecule has 1 aromatic heterocycles. The van der Waals surface area contributed by atoms with E-state index in [1.54, 1.807) is 37.5 Å². The summed E-state index contributed by atoms with van der Waals surface area (Å²) in [6.45, 7) is 1.73. The smallest absolute Gasteiger partial charge is 0.261 e. The second-order valence-corrected chi connectivity index (χ2v) is 11.2. The molecule has 37 heavy (non-hydrogen) atoms. The fourth-order valence-electron chi connectivity index (χ4n) is 6.21. The quantitative estimate of drug-likeness (QED) is 0.468. The Morgan fingerprint density at radius 3 is 2.70 bits per heavy atom. The number of halogens is 2. The minimum Gasteiger partial charge on any atom is -0.480 e. The Bertz CT molecular complexity index is 1370. The van der Waals surface area contributed by atoms with E-state index in [1.807, 2.05) is 12.3 Å². The van der Waals surface area contributed by atoms with Crippen molar-refractivity contribution in [1.82, 2.24) is 14.9 Å². The Morgan fingerprint density at radius 2 is 1.97 bits per heavy atom. The molecule has 194 valence electrons. The number of rotatable bonds is 4. The van der Waals surface area contributed by atoms with Gasteiger partial charge in [-0.1, -0.05) is 23.7 Å². The molecule has 0 radical (unpaired) electrons. The van der Waals surface area contributed by atoms with E-state index in [-0.39, 0.29) is 23.7 Å². The highest BCUT2D eigenvalue weighted by Crippen LogP contribution is 2.51. The number of hydrogen-bond acceptors (Lipinski definition) is 5. The van der Waals surface area contributed by atoms with Gasteiger partial charge in [-0.05, 0) is 68.9 Å². The number of carbonyl (C=O) groups is 1. The number of aryl methyl sites for hydroxylation is 1. The summed E-state index contributed by atoms with van der Waals surface area (Å²) in [5.74, 6) is -0.158. The summed E-state index contributed by atoms with van der Waals surface area (Å²) in [5.41, 5.74) is 1.51. The van der Waals surface area contributed by atoms with E-state index in [0.29, 0.717) is 52.4 Å². The zero-order valence-corrected chi connectivity index (χ0v) is 21.2. The minimum absolute atomic E-state index is 0.118. The molecule has 7 nitrogen and oxygen atoms in total. The van der Waals surface area contributed by atoms with Gasteiger partial charge in [0.2, 0.25) is 0 Å². The van der Waals surface area contributed by atoms with E-state index in [4.69, 9.17) is 16.3 Å². The third-order valence-corrected chi connectivity index (χ3v) is 8.82. The molecule has 1 amide bonds. The van der Waals surface area contributed by atoms with Crippen LogP contribution in [0.5, 0.6) is 5.75 Å². The van der Waals surface area contributed by atoms with Gasteiger partial charge in [-0.15, -0.1) is 0 Å². The van der Waals surface area contributed by atoms with Crippen LogP contribution >= 0.6 is 11.6 Å². The second-order valence-electron chi connectivity index (χ2n) is 10.8. The van der Waals surface area contributed by atoms with Gasteiger partial charge in [0.1, 0.15) is 11.6 Å². The number of nitrogens with one attached hydrogen (secondary N) is 1. The summed E-state index contributed by atoms with van der Waals surface area (Å²) in [5, 5.41) is 25.4. The largest absolute Gasteiger partial charge is 0.480 e. The van der Waals surface area contributed by atoms with E-state index in [0.717, 1.165) is 12.8 Å². The third-order valence-electron chi connectivity index (χ3n) is 8.58. The average Bonchev–Trinajstić information content (AvgIpc) is 3.38. The lowest BCUT2D eigenvalue weighted by Crippen LogP contribution is -2.68. The van der Waals surface area contributed by atoms with E-state index in [1.165, 1.54) is 6.07 Å². The predicted molar refractivity (Wildman–Crippen MR) is 136 cm³/mol. The summed E-state index contributed by atoms with van der Waals surface area (Å²) in [6.07, 6.45) is 4.55. The van der Waals surface area contributed by atoms with Crippen LogP contribution in [0.15, 0.2) is 48.9 Å². The fourth-order valence-corrected chi connectivity index (χ4v) is 6.39. The molecule has 3 saturated carbocycles.